The fraction of sp³-hybridized carbons (Fsp3) is 0.711. The van der Waals surface area contributed by atoms with Crippen LogP contribution in [0.5, 0.6) is 0 Å². The smallest absolute Gasteiger partial charge is 0.410 e. The molecule has 4 aliphatic heterocycles. The molecule has 0 aromatic heterocycles. The van der Waals surface area contributed by atoms with Gasteiger partial charge in [0.2, 0.25) is 21.8 Å². The van der Waals surface area contributed by atoms with Gasteiger partial charge in [0, 0.05) is 19.5 Å². The summed E-state index contributed by atoms with van der Waals surface area (Å²) in [5.74, 6) is -1.84. The predicted molar refractivity (Wildman–Crippen MR) is 195 cm³/mol. The molecule has 15 heteroatoms. The first-order valence-corrected chi connectivity index (χ1v) is 21.2. The maximum Gasteiger partial charge on any atom is 0.410 e. The van der Waals surface area contributed by atoms with Crippen LogP contribution in [-0.2, 0) is 53.4 Å². The molecule has 6 rings (SSSR count). The third-order valence-electron chi connectivity index (χ3n) is 11.3. The molecule has 0 spiro atoms. The van der Waals surface area contributed by atoms with E-state index in [9.17, 15) is 32.4 Å². The van der Waals surface area contributed by atoms with Crippen molar-refractivity contribution >= 4 is 39.9 Å². The molecule has 1 saturated carbocycles. The highest BCUT2D eigenvalue weighted by atomic mass is 32.2. The summed E-state index contributed by atoms with van der Waals surface area (Å²) in [5.41, 5.74) is 3.42. The lowest BCUT2D eigenvalue weighted by molar-refractivity contribution is -0.141. The molecule has 1 aromatic rings. The Bertz CT molecular complexity index is 1630. The van der Waals surface area contributed by atoms with Crippen molar-refractivity contribution < 1.29 is 41.9 Å². The summed E-state index contributed by atoms with van der Waals surface area (Å²) in [7, 11) is -3.86. The number of sulfonamides is 1. The molecule has 53 heavy (non-hydrogen) atoms. The number of amides is 5. The molecule has 5 aliphatic rings. The molecule has 0 radical (unpaired) electrons. The van der Waals surface area contributed by atoms with Gasteiger partial charge >= 0.3 is 12.2 Å². The van der Waals surface area contributed by atoms with Gasteiger partial charge in [-0.15, -0.1) is 0 Å². The lowest BCUT2D eigenvalue weighted by Crippen LogP contribution is -2.56. The van der Waals surface area contributed by atoms with Gasteiger partial charge < -0.3 is 25.0 Å². The number of hydrogen-bond donors (Lipinski definition) is 3. The number of cyclic esters (lactones) is 1. The normalized spacial score (nSPS) is 28.7. The van der Waals surface area contributed by atoms with Crippen molar-refractivity contribution in [2.45, 2.75) is 152 Å². The standard InChI is InChI=1S/C38H55N5O9S/c1-25-12-7-6-8-13-26-14-11-15-27-21-42(23-30(26)27)38(48)52-28-20-33-35(45)39-31(34(44)41-53(49,50)29-18-19-29)16-9-4-2-3-5-10-17-32(36(46)43(33)22-28)40-37(47)51-24-25/h11,14-15,25,28-29,31-33H,2-10,12-13,16-24H2,1H3,(H,39,45)(H,40,47)(H,41,44)/t25-,28+,31?,32+,33?/m1/s1. The Balaban J connectivity index is 1.26. The van der Waals surface area contributed by atoms with Crippen molar-refractivity contribution in [1.29, 1.82) is 0 Å². The Labute approximate surface area is 312 Å². The molecule has 2 unspecified atom stereocenters. The molecule has 5 amide bonds. The summed E-state index contributed by atoms with van der Waals surface area (Å²) in [5, 5.41) is 4.90. The highest BCUT2D eigenvalue weighted by molar-refractivity contribution is 7.90. The summed E-state index contributed by atoms with van der Waals surface area (Å²) in [6.07, 6.45) is 8.73. The first kappa shape index (κ1) is 38.8. The summed E-state index contributed by atoms with van der Waals surface area (Å²) >= 11 is 0. The highest BCUT2D eigenvalue weighted by Gasteiger charge is 2.45. The Morgan fingerprint density at radius 2 is 1.55 bits per heavy atom. The minimum absolute atomic E-state index is 0.0290. The summed E-state index contributed by atoms with van der Waals surface area (Å²) in [6, 6.07) is 2.88. The molecule has 4 heterocycles. The predicted octanol–water partition coefficient (Wildman–Crippen LogP) is 4.18. The lowest BCUT2D eigenvalue weighted by atomic mass is 9.97. The van der Waals surface area contributed by atoms with Crippen LogP contribution in [0, 0.1) is 5.92 Å². The fourth-order valence-corrected chi connectivity index (χ4v) is 9.33. The third kappa shape index (κ3) is 10.2. The average molecular weight is 758 g/mol. The molecule has 14 nitrogen and oxygen atoms in total. The first-order valence-electron chi connectivity index (χ1n) is 19.6. The van der Waals surface area contributed by atoms with Gasteiger partial charge in [-0.3, -0.25) is 24.0 Å². The number of fused-ring (bicyclic) bond motifs is 3. The van der Waals surface area contributed by atoms with E-state index in [1.54, 1.807) is 4.90 Å². The van der Waals surface area contributed by atoms with Gasteiger partial charge in [0.15, 0.2) is 0 Å². The maximum absolute atomic E-state index is 14.4. The SMILES string of the molecule is C[C@@H]1CCCCCc2cccc3c2CN(C3)C(=O)O[C@H]2CC3C(=O)NC(C(=O)NS(=O)(=O)C4CC4)CCCCCCCC[C@H](NC(=O)OC1)C(=O)N3C2. The summed E-state index contributed by atoms with van der Waals surface area (Å²) in [6.45, 7) is 2.96. The molecule has 5 atom stereocenters. The zero-order valence-corrected chi connectivity index (χ0v) is 31.6. The van der Waals surface area contributed by atoms with Gasteiger partial charge in [0.1, 0.15) is 24.2 Å². The Morgan fingerprint density at radius 1 is 0.849 bits per heavy atom. The van der Waals surface area contributed by atoms with Crippen LogP contribution < -0.4 is 15.4 Å². The van der Waals surface area contributed by atoms with Crippen molar-refractivity contribution in [3.8, 4) is 0 Å². The molecule has 2 saturated heterocycles. The second-order valence-corrected chi connectivity index (χ2v) is 17.6. The fourth-order valence-electron chi connectivity index (χ4n) is 7.99. The van der Waals surface area contributed by atoms with E-state index in [-0.39, 0.29) is 31.9 Å². The molecular weight excluding hydrogens is 703 g/mol. The van der Waals surface area contributed by atoms with E-state index >= 15 is 0 Å². The average Bonchev–Trinajstić information content (AvgIpc) is 3.77. The number of nitrogens with zero attached hydrogens (tertiary/aromatic N) is 2. The monoisotopic (exact) mass is 757 g/mol. The van der Waals surface area contributed by atoms with Gasteiger partial charge in [0.05, 0.1) is 18.4 Å². The topological polar surface area (TPSA) is 181 Å². The number of hydrogen-bond acceptors (Lipinski definition) is 9. The van der Waals surface area contributed by atoms with Crippen LogP contribution in [0.15, 0.2) is 18.2 Å². The maximum atomic E-state index is 14.4. The van der Waals surface area contributed by atoms with Crippen molar-refractivity contribution in [3.63, 3.8) is 0 Å². The summed E-state index contributed by atoms with van der Waals surface area (Å²) in [4.78, 5) is 71.5. The van der Waals surface area contributed by atoms with Gasteiger partial charge in [-0.1, -0.05) is 76.5 Å². The van der Waals surface area contributed by atoms with Gasteiger partial charge in [-0.05, 0) is 67.6 Å². The van der Waals surface area contributed by atoms with E-state index in [4.69, 9.17) is 9.47 Å². The Morgan fingerprint density at radius 3 is 2.32 bits per heavy atom. The minimum Gasteiger partial charge on any atom is -0.449 e. The van der Waals surface area contributed by atoms with Gasteiger partial charge in [-0.2, -0.15) is 0 Å². The van der Waals surface area contributed by atoms with E-state index in [1.807, 2.05) is 19.1 Å². The second-order valence-electron chi connectivity index (χ2n) is 15.6. The molecule has 1 aromatic carbocycles. The van der Waals surface area contributed by atoms with E-state index in [1.165, 1.54) is 10.5 Å². The van der Waals surface area contributed by atoms with Crippen LogP contribution >= 0.6 is 0 Å². The molecule has 292 valence electrons. The van der Waals surface area contributed by atoms with Crippen LogP contribution in [0.4, 0.5) is 9.59 Å². The third-order valence-corrected chi connectivity index (χ3v) is 13.1. The number of aryl methyl sites for hydroxylation is 1. The minimum atomic E-state index is -3.86. The lowest BCUT2D eigenvalue weighted by Gasteiger charge is -2.29. The number of benzene rings is 1. The van der Waals surface area contributed by atoms with Crippen LogP contribution in [0.1, 0.15) is 120 Å². The van der Waals surface area contributed by atoms with E-state index < -0.39 is 69.4 Å². The van der Waals surface area contributed by atoms with Crippen molar-refractivity contribution in [3.05, 3.63) is 34.9 Å². The van der Waals surface area contributed by atoms with Crippen molar-refractivity contribution in [2.75, 3.05) is 13.2 Å². The molecule has 3 N–H and O–H groups in total. The largest absolute Gasteiger partial charge is 0.449 e. The van der Waals surface area contributed by atoms with Crippen molar-refractivity contribution in [1.82, 2.24) is 25.2 Å². The Hall–Kier alpha value is -3.88. The van der Waals surface area contributed by atoms with E-state index in [0.717, 1.165) is 68.9 Å². The van der Waals surface area contributed by atoms with Crippen LogP contribution in [-0.4, -0.2) is 90.8 Å². The van der Waals surface area contributed by atoms with Gasteiger partial charge in [-0.25, -0.2) is 18.0 Å². The van der Waals surface area contributed by atoms with Crippen LogP contribution in [0.2, 0.25) is 0 Å². The highest BCUT2D eigenvalue weighted by Crippen LogP contribution is 2.31. The molecule has 3 fully saturated rings. The second kappa shape index (κ2) is 17.5. The molecule has 5 bridgehead atoms. The van der Waals surface area contributed by atoms with E-state index in [2.05, 4.69) is 21.4 Å². The first-order chi connectivity index (χ1) is 25.5. The number of carbonyl (C=O) groups excluding carboxylic acids is 5. The number of nitrogens with one attached hydrogen (secondary N) is 3. The van der Waals surface area contributed by atoms with Crippen LogP contribution in [0.25, 0.3) is 0 Å². The summed E-state index contributed by atoms with van der Waals surface area (Å²) < 4.78 is 39.1. The van der Waals surface area contributed by atoms with Gasteiger partial charge in [0.25, 0.3) is 5.91 Å². The number of rotatable bonds is 3. The van der Waals surface area contributed by atoms with Crippen LogP contribution in [0.3, 0.4) is 0 Å². The van der Waals surface area contributed by atoms with E-state index in [0.29, 0.717) is 45.2 Å². The van der Waals surface area contributed by atoms with Crippen molar-refractivity contribution in [2.24, 2.45) is 5.92 Å². The zero-order valence-electron chi connectivity index (χ0n) is 30.8. The Kier molecular flexibility index (Phi) is 12.8. The molecule has 1 aliphatic carbocycles. The number of carbonyl (C=O) groups is 5. The quantitative estimate of drug-likeness (QED) is 0.408. The number of alkyl carbamates (subject to hydrolysis) is 1. The number of ether oxygens (including phenoxy) is 2. The zero-order chi connectivity index (χ0) is 37.5. The molecular formula is C38H55N5O9S.